The van der Waals surface area contributed by atoms with Crippen molar-refractivity contribution in [1.29, 1.82) is 0 Å². The van der Waals surface area contributed by atoms with E-state index >= 15 is 0 Å². The number of amides is 2. The van der Waals surface area contributed by atoms with E-state index in [9.17, 15) is 9.59 Å². The number of carbonyl (C=O) groups is 2. The molecule has 3 heterocycles. The number of thiazole rings is 1. The Balaban J connectivity index is 1.69. The van der Waals surface area contributed by atoms with Crippen LogP contribution in [0.5, 0.6) is 0 Å². The Labute approximate surface area is 191 Å². The first-order valence-corrected chi connectivity index (χ1v) is 11.6. The molecule has 3 aromatic rings. The highest BCUT2D eigenvalue weighted by atomic mass is 32.1. The van der Waals surface area contributed by atoms with Crippen molar-refractivity contribution < 1.29 is 14.3 Å². The van der Waals surface area contributed by atoms with Gasteiger partial charge in [-0.2, -0.15) is 10.1 Å². The first-order chi connectivity index (χ1) is 15.0. The number of rotatable bonds is 3. The summed E-state index contributed by atoms with van der Waals surface area (Å²) in [6, 6.07) is 7.35. The number of benzene rings is 1. The van der Waals surface area contributed by atoms with E-state index in [0.717, 1.165) is 5.56 Å². The second kappa shape index (κ2) is 8.29. The molecule has 0 bridgehead atoms. The second-order valence-electron chi connectivity index (χ2n) is 9.39. The number of hydrogen-bond acceptors (Lipinski definition) is 6. The molecule has 1 fully saturated rings. The number of fused-ring (bicyclic) bond motifs is 1. The van der Waals surface area contributed by atoms with Crippen molar-refractivity contribution in [2.75, 3.05) is 18.4 Å². The summed E-state index contributed by atoms with van der Waals surface area (Å²) in [4.78, 5) is 32.5. The summed E-state index contributed by atoms with van der Waals surface area (Å²) in [6.45, 7) is 13.0. The van der Waals surface area contributed by atoms with Crippen molar-refractivity contribution in [3.8, 4) is 0 Å². The molecule has 170 valence electrons. The molecule has 1 N–H and O–H groups in total. The highest BCUT2D eigenvalue weighted by Crippen LogP contribution is 2.33. The van der Waals surface area contributed by atoms with E-state index in [1.807, 2.05) is 53.7 Å². The summed E-state index contributed by atoms with van der Waals surface area (Å²) in [5, 5.41) is 7.97. The van der Waals surface area contributed by atoms with Crippen LogP contribution in [0.3, 0.4) is 0 Å². The molecule has 8 nitrogen and oxygen atoms in total. The van der Waals surface area contributed by atoms with E-state index in [2.05, 4.69) is 15.4 Å². The minimum absolute atomic E-state index is 0.0336. The average Bonchev–Trinajstić information content (AvgIpc) is 3.25. The number of ether oxygens (including phenoxy) is 1. The SMILES string of the molecule is Cc1ccc(C(=O)Nc2nc3c(s2)c(C(=O)N2CC(C)OC(C)C2)nn3C(C)(C)C)cc1. The lowest BCUT2D eigenvalue weighted by Crippen LogP contribution is -2.48. The van der Waals surface area contributed by atoms with Crippen molar-refractivity contribution in [2.45, 2.75) is 59.3 Å². The van der Waals surface area contributed by atoms with E-state index < -0.39 is 0 Å². The van der Waals surface area contributed by atoms with Gasteiger partial charge in [0.2, 0.25) is 0 Å². The Hall–Kier alpha value is -2.78. The Morgan fingerprint density at radius 1 is 1.12 bits per heavy atom. The van der Waals surface area contributed by atoms with Gasteiger partial charge in [0, 0.05) is 18.7 Å². The van der Waals surface area contributed by atoms with Gasteiger partial charge in [-0.3, -0.25) is 14.9 Å². The summed E-state index contributed by atoms with van der Waals surface area (Å²) in [5.74, 6) is -0.375. The molecule has 1 saturated heterocycles. The zero-order chi connectivity index (χ0) is 23.2. The highest BCUT2D eigenvalue weighted by molar-refractivity contribution is 7.22. The van der Waals surface area contributed by atoms with Crippen LogP contribution in [0.15, 0.2) is 24.3 Å². The molecule has 32 heavy (non-hydrogen) atoms. The van der Waals surface area contributed by atoms with Crippen LogP contribution in [0.4, 0.5) is 5.13 Å². The van der Waals surface area contributed by atoms with Crippen molar-refractivity contribution in [3.05, 3.63) is 41.1 Å². The number of anilines is 1. The molecule has 0 radical (unpaired) electrons. The van der Waals surface area contributed by atoms with Gasteiger partial charge < -0.3 is 9.64 Å². The van der Waals surface area contributed by atoms with Crippen molar-refractivity contribution in [1.82, 2.24) is 19.7 Å². The topological polar surface area (TPSA) is 89.3 Å². The van der Waals surface area contributed by atoms with Gasteiger partial charge in [-0.1, -0.05) is 29.0 Å². The number of aryl methyl sites for hydroxylation is 1. The third-order valence-electron chi connectivity index (χ3n) is 5.30. The van der Waals surface area contributed by atoms with Gasteiger partial charge in [-0.15, -0.1) is 0 Å². The number of aromatic nitrogens is 3. The molecule has 2 amide bonds. The van der Waals surface area contributed by atoms with Gasteiger partial charge in [0.15, 0.2) is 16.5 Å². The summed E-state index contributed by atoms with van der Waals surface area (Å²) in [7, 11) is 0. The molecular weight excluding hydrogens is 426 g/mol. The van der Waals surface area contributed by atoms with Gasteiger partial charge in [0.25, 0.3) is 11.8 Å². The number of nitrogens with one attached hydrogen (secondary N) is 1. The van der Waals surface area contributed by atoms with Crippen LogP contribution in [-0.2, 0) is 10.3 Å². The Morgan fingerprint density at radius 3 is 2.34 bits per heavy atom. The summed E-state index contributed by atoms with van der Waals surface area (Å²) < 4.78 is 8.21. The van der Waals surface area contributed by atoms with Crippen LogP contribution in [0, 0.1) is 6.92 Å². The number of morpholine rings is 1. The normalized spacial score (nSPS) is 19.4. The van der Waals surface area contributed by atoms with E-state index in [1.54, 1.807) is 21.7 Å². The number of carbonyl (C=O) groups excluding carboxylic acids is 2. The van der Waals surface area contributed by atoms with Gasteiger partial charge in [0.05, 0.1) is 17.7 Å². The molecular formula is C23H29N5O3S. The molecule has 2 aromatic heterocycles. The summed E-state index contributed by atoms with van der Waals surface area (Å²) in [5.41, 5.74) is 2.22. The summed E-state index contributed by atoms with van der Waals surface area (Å²) in [6.07, 6.45) is -0.0672. The molecule has 2 atom stereocenters. The third-order valence-corrected chi connectivity index (χ3v) is 6.27. The molecule has 0 saturated carbocycles. The lowest BCUT2D eigenvalue weighted by Gasteiger charge is -2.34. The first kappa shape index (κ1) is 22.4. The molecule has 1 aliphatic heterocycles. The maximum absolute atomic E-state index is 13.4. The Bertz CT molecular complexity index is 1150. The Morgan fingerprint density at radius 2 is 1.75 bits per heavy atom. The quantitative estimate of drug-likeness (QED) is 0.643. The van der Waals surface area contributed by atoms with E-state index in [4.69, 9.17) is 4.74 Å². The number of nitrogens with zero attached hydrogens (tertiary/aromatic N) is 4. The maximum atomic E-state index is 13.4. The van der Waals surface area contributed by atoms with Crippen molar-refractivity contribution in [2.24, 2.45) is 0 Å². The first-order valence-electron chi connectivity index (χ1n) is 10.8. The molecule has 0 spiro atoms. The minimum atomic E-state index is -0.380. The van der Waals surface area contributed by atoms with Crippen LogP contribution in [-0.4, -0.2) is 56.8 Å². The smallest absolute Gasteiger partial charge is 0.276 e. The van der Waals surface area contributed by atoms with Crippen molar-refractivity contribution in [3.63, 3.8) is 0 Å². The van der Waals surface area contributed by atoms with Crippen LogP contribution < -0.4 is 5.32 Å². The largest absolute Gasteiger partial charge is 0.372 e. The molecule has 0 aliphatic carbocycles. The van der Waals surface area contributed by atoms with Crippen LogP contribution in [0.25, 0.3) is 10.3 Å². The van der Waals surface area contributed by atoms with Crippen molar-refractivity contribution >= 4 is 38.6 Å². The fraction of sp³-hybridized carbons (Fsp3) is 0.478. The second-order valence-corrected chi connectivity index (χ2v) is 10.4. The number of hydrogen-bond donors (Lipinski definition) is 1. The van der Waals surface area contributed by atoms with E-state index in [1.165, 1.54) is 11.3 Å². The fourth-order valence-corrected chi connectivity index (χ4v) is 4.75. The zero-order valence-corrected chi connectivity index (χ0v) is 20.1. The predicted octanol–water partition coefficient (Wildman–Crippen LogP) is 4.06. The average molecular weight is 456 g/mol. The van der Waals surface area contributed by atoms with Crippen LogP contribution >= 0.6 is 11.3 Å². The molecule has 4 rings (SSSR count). The van der Waals surface area contributed by atoms with E-state index in [-0.39, 0.29) is 29.6 Å². The lowest BCUT2D eigenvalue weighted by atomic mass is 10.1. The van der Waals surface area contributed by atoms with Gasteiger partial charge >= 0.3 is 0 Å². The predicted molar refractivity (Wildman–Crippen MR) is 125 cm³/mol. The molecule has 1 aromatic carbocycles. The van der Waals surface area contributed by atoms with Gasteiger partial charge in [-0.05, 0) is 53.7 Å². The van der Waals surface area contributed by atoms with E-state index in [0.29, 0.717) is 39.8 Å². The minimum Gasteiger partial charge on any atom is -0.372 e. The molecule has 9 heteroatoms. The fourth-order valence-electron chi connectivity index (χ4n) is 3.83. The van der Waals surface area contributed by atoms with Crippen LogP contribution in [0.1, 0.15) is 61.0 Å². The lowest BCUT2D eigenvalue weighted by molar-refractivity contribution is -0.0587. The monoisotopic (exact) mass is 455 g/mol. The third kappa shape index (κ3) is 4.40. The van der Waals surface area contributed by atoms with Gasteiger partial charge in [-0.25, -0.2) is 4.68 Å². The maximum Gasteiger partial charge on any atom is 0.276 e. The standard InChI is InChI=1S/C23H29N5O3S/c1-13-7-9-16(10-8-13)20(29)25-22-24-19-18(32-22)17(26-28(19)23(4,5)6)21(30)27-11-14(2)31-15(3)12-27/h7-10,14-15H,11-12H2,1-6H3,(H,24,25,29). The Kier molecular flexibility index (Phi) is 5.81. The zero-order valence-electron chi connectivity index (χ0n) is 19.3. The van der Waals surface area contributed by atoms with Crippen LogP contribution in [0.2, 0.25) is 0 Å². The summed E-state index contributed by atoms with van der Waals surface area (Å²) >= 11 is 1.28. The molecule has 2 unspecified atom stereocenters. The highest BCUT2D eigenvalue weighted by Gasteiger charge is 2.32. The van der Waals surface area contributed by atoms with Gasteiger partial charge in [0.1, 0.15) is 4.70 Å². The molecule has 1 aliphatic rings.